The van der Waals surface area contributed by atoms with Crippen LogP contribution in [0.4, 0.5) is 5.69 Å². The number of para-hydroxylation sites is 1. The van der Waals surface area contributed by atoms with Gasteiger partial charge in [0.2, 0.25) is 5.91 Å². The zero-order valence-electron chi connectivity index (χ0n) is 11.5. The molecule has 0 saturated carbocycles. The van der Waals surface area contributed by atoms with Gasteiger partial charge in [0.15, 0.2) is 0 Å². The predicted molar refractivity (Wildman–Crippen MR) is 88.2 cm³/mol. The molecule has 2 rings (SSSR count). The van der Waals surface area contributed by atoms with E-state index in [2.05, 4.69) is 22.0 Å². The molecular formula is C15H17BrN2OS. The molecule has 2 aromatic rings. The van der Waals surface area contributed by atoms with Gasteiger partial charge in [-0.3, -0.25) is 9.69 Å². The standard InChI is InChI=1S/C15H17BrN2OS/c1-17(10-13-8-9-14(16)20-13)11-15(19)18(2)12-6-4-3-5-7-12/h3-9H,10-11H2,1-2H3. The molecule has 0 aliphatic carbocycles. The number of carbonyl (C=O) groups excluding carboxylic acids is 1. The van der Waals surface area contributed by atoms with Gasteiger partial charge in [-0.1, -0.05) is 18.2 Å². The topological polar surface area (TPSA) is 23.6 Å². The largest absolute Gasteiger partial charge is 0.314 e. The summed E-state index contributed by atoms with van der Waals surface area (Å²) in [6, 6.07) is 13.8. The molecule has 0 fully saturated rings. The molecule has 0 N–H and O–H groups in total. The highest BCUT2D eigenvalue weighted by Gasteiger charge is 2.13. The van der Waals surface area contributed by atoms with E-state index in [9.17, 15) is 4.79 Å². The van der Waals surface area contributed by atoms with Crippen molar-refractivity contribution in [2.24, 2.45) is 0 Å². The van der Waals surface area contributed by atoms with Crippen LogP contribution in [-0.4, -0.2) is 31.4 Å². The monoisotopic (exact) mass is 352 g/mol. The SMILES string of the molecule is CN(CC(=O)N(C)c1ccccc1)Cc1ccc(Br)s1. The van der Waals surface area contributed by atoms with E-state index < -0.39 is 0 Å². The highest BCUT2D eigenvalue weighted by atomic mass is 79.9. The number of carbonyl (C=O) groups is 1. The lowest BCUT2D eigenvalue weighted by Crippen LogP contribution is -2.36. The summed E-state index contributed by atoms with van der Waals surface area (Å²) in [6.07, 6.45) is 0. The van der Waals surface area contributed by atoms with E-state index in [-0.39, 0.29) is 5.91 Å². The first-order valence-corrected chi connectivity index (χ1v) is 7.91. The van der Waals surface area contributed by atoms with Crippen molar-refractivity contribution in [3.63, 3.8) is 0 Å². The molecule has 5 heteroatoms. The molecule has 0 atom stereocenters. The van der Waals surface area contributed by atoms with E-state index in [1.165, 1.54) is 4.88 Å². The normalized spacial score (nSPS) is 10.8. The molecule has 1 aromatic heterocycles. The summed E-state index contributed by atoms with van der Waals surface area (Å²) < 4.78 is 1.12. The minimum absolute atomic E-state index is 0.0920. The van der Waals surface area contributed by atoms with Crippen LogP contribution in [0.1, 0.15) is 4.88 Å². The number of benzene rings is 1. The second-order valence-corrected chi connectivity index (χ2v) is 7.21. The molecule has 3 nitrogen and oxygen atoms in total. The highest BCUT2D eigenvalue weighted by Crippen LogP contribution is 2.23. The molecule has 0 unspecified atom stereocenters. The number of amides is 1. The van der Waals surface area contributed by atoms with Gasteiger partial charge in [0.1, 0.15) is 0 Å². The van der Waals surface area contributed by atoms with Crippen LogP contribution in [0.2, 0.25) is 0 Å². The zero-order chi connectivity index (χ0) is 14.5. The van der Waals surface area contributed by atoms with Gasteiger partial charge in [0, 0.05) is 24.2 Å². The fraction of sp³-hybridized carbons (Fsp3) is 0.267. The lowest BCUT2D eigenvalue weighted by atomic mass is 10.3. The lowest BCUT2D eigenvalue weighted by molar-refractivity contribution is -0.119. The van der Waals surface area contributed by atoms with E-state index in [1.807, 2.05) is 55.4 Å². The van der Waals surface area contributed by atoms with Crippen LogP contribution in [0, 0.1) is 0 Å². The van der Waals surface area contributed by atoms with Gasteiger partial charge in [0.05, 0.1) is 10.3 Å². The van der Waals surface area contributed by atoms with Crippen LogP contribution in [0.25, 0.3) is 0 Å². The number of rotatable bonds is 5. The van der Waals surface area contributed by atoms with Gasteiger partial charge >= 0.3 is 0 Å². The Morgan fingerprint density at radius 1 is 1.15 bits per heavy atom. The maximum Gasteiger partial charge on any atom is 0.240 e. The number of hydrogen-bond acceptors (Lipinski definition) is 3. The molecule has 0 bridgehead atoms. The molecule has 20 heavy (non-hydrogen) atoms. The molecule has 0 radical (unpaired) electrons. The Labute approximate surface area is 132 Å². The molecule has 0 spiro atoms. The predicted octanol–water partition coefficient (Wildman–Crippen LogP) is 3.61. The molecule has 0 aliphatic rings. The number of anilines is 1. The van der Waals surface area contributed by atoms with Crippen molar-refractivity contribution in [1.82, 2.24) is 4.90 Å². The summed E-state index contributed by atoms with van der Waals surface area (Å²) in [4.78, 5) is 17.2. The van der Waals surface area contributed by atoms with Crippen molar-refractivity contribution in [2.75, 3.05) is 25.5 Å². The minimum Gasteiger partial charge on any atom is -0.314 e. The first-order chi connectivity index (χ1) is 9.56. The van der Waals surface area contributed by atoms with E-state index in [4.69, 9.17) is 0 Å². The van der Waals surface area contributed by atoms with Gasteiger partial charge in [-0.25, -0.2) is 0 Å². The zero-order valence-corrected chi connectivity index (χ0v) is 13.9. The molecule has 106 valence electrons. The Morgan fingerprint density at radius 3 is 2.45 bits per heavy atom. The van der Waals surface area contributed by atoms with Gasteiger partial charge in [0.25, 0.3) is 0 Å². The van der Waals surface area contributed by atoms with E-state index in [1.54, 1.807) is 16.2 Å². The molecule has 0 aliphatic heterocycles. The second-order valence-electron chi connectivity index (χ2n) is 4.67. The van der Waals surface area contributed by atoms with Crippen molar-refractivity contribution in [1.29, 1.82) is 0 Å². The van der Waals surface area contributed by atoms with Crippen molar-refractivity contribution in [3.05, 3.63) is 51.1 Å². The number of likely N-dealkylation sites (N-methyl/N-ethyl adjacent to an activating group) is 2. The quantitative estimate of drug-likeness (QED) is 0.820. The average molecular weight is 353 g/mol. The van der Waals surface area contributed by atoms with E-state index in [0.717, 1.165) is 16.0 Å². The summed E-state index contributed by atoms with van der Waals surface area (Å²) in [5, 5.41) is 0. The second kappa shape index (κ2) is 7.02. The van der Waals surface area contributed by atoms with Gasteiger partial charge < -0.3 is 4.90 Å². The van der Waals surface area contributed by atoms with Crippen LogP contribution < -0.4 is 4.90 Å². The third kappa shape index (κ3) is 4.16. The molecule has 1 amide bonds. The third-order valence-electron chi connectivity index (χ3n) is 2.98. The van der Waals surface area contributed by atoms with Gasteiger partial charge in [-0.15, -0.1) is 11.3 Å². The first-order valence-electron chi connectivity index (χ1n) is 6.30. The number of hydrogen-bond donors (Lipinski definition) is 0. The van der Waals surface area contributed by atoms with E-state index >= 15 is 0 Å². The fourth-order valence-corrected chi connectivity index (χ4v) is 3.45. The maximum atomic E-state index is 12.2. The third-order valence-corrected chi connectivity index (χ3v) is 4.59. The van der Waals surface area contributed by atoms with Crippen LogP contribution >= 0.6 is 27.3 Å². The smallest absolute Gasteiger partial charge is 0.240 e. The van der Waals surface area contributed by atoms with Gasteiger partial charge in [-0.2, -0.15) is 0 Å². The van der Waals surface area contributed by atoms with Crippen LogP contribution in [-0.2, 0) is 11.3 Å². The van der Waals surface area contributed by atoms with Crippen molar-refractivity contribution >= 4 is 38.9 Å². The summed E-state index contributed by atoms with van der Waals surface area (Å²) in [7, 11) is 3.78. The van der Waals surface area contributed by atoms with Crippen LogP contribution in [0.5, 0.6) is 0 Å². The molecular weight excluding hydrogens is 336 g/mol. The minimum atomic E-state index is 0.0920. The Morgan fingerprint density at radius 2 is 1.85 bits per heavy atom. The van der Waals surface area contributed by atoms with Crippen molar-refractivity contribution in [3.8, 4) is 0 Å². The lowest BCUT2D eigenvalue weighted by Gasteiger charge is -2.21. The molecule has 1 aromatic carbocycles. The number of thiophene rings is 1. The highest BCUT2D eigenvalue weighted by molar-refractivity contribution is 9.11. The maximum absolute atomic E-state index is 12.2. The van der Waals surface area contributed by atoms with Gasteiger partial charge in [-0.05, 0) is 47.2 Å². The number of nitrogens with zero attached hydrogens (tertiary/aromatic N) is 2. The van der Waals surface area contributed by atoms with E-state index in [0.29, 0.717) is 6.54 Å². The molecule has 0 saturated heterocycles. The summed E-state index contributed by atoms with van der Waals surface area (Å²) >= 11 is 5.15. The van der Waals surface area contributed by atoms with Crippen molar-refractivity contribution < 1.29 is 4.79 Å². The summed E-state index contributed by atoms with van der Waals surface area (Å²) in [5.74, 6) is 0.0920. The Bertz CT molecular complexity index is 570. The Hall–Kier alpha value is -1.17. The van der Waals surface area contributed by atoms with Crippen LogP contribution in [0.3, 0.4) is 0 Å². The van der Waals surface area contributed by atoms with Crippen molar-refractivity contribution in [2.45, 2.75) is 6.54 Å². The first kappa shape index (κ1) is 15.2. The molecule has 1 heterocycles. The van der Waals surface area contributed by atoms with Crippen LogP contribution in [0.15, 0.2) is 46.3 Å². The fourth-order valence-electron chi connectivity index (χ4n) is 1.89. The Balaban J connectivity index is 1.90. The number of halogens is 1. The Kier molecular flexibility index (Phi) is 5.34. The average Bonchev–Trinajstić information content (AvgIpc) is 2.84. The summed E-state index contributed by atoms with van der Waals surface area (Å²) in [6.45, 7) is 1.19. The summed E-state index contributed by atoms with van der Waals surface area (Å²) in [5.41, 5.74) is 0.921.